The molecule has 10 nitrogen and oxygen atoms in total. The highest BCUT2D eigenvalue weighted by atomic mass is 32.2. The van der Waals surface area contributed by atoms with Gasteiger partial charge in [0, 0.05) is 29.8 Å². The highest BCUT2D eigenvalue weighted by Crippen LogP contribution is 2.30. The first-order chi connectivity index (χ1) is 15.1. The molecule has 2 atom stereocenters. The van der Waals surface area contributed by atoms with Gasteiger partial charge in [0.25, 0.3) is 0 Å². The summed E-state index contributed by atoms with van der Waals surface area (Å²) >= 11 is 1.45. The Morgan fingerprint density at radius 1 is 1.26 bits per heavy atom. The third-order valence-corrected chi connectivity index (χ3v) is 6.13. The Hall–Kier alpha value is -2.07. The predicted molar refractivity (Wildman–Crippen MR) is 121 cm³/mol. The van der Waals surface area contributed by atoms with E-state index in [4.69, 9.17) is 15.4 Å². The molecule has 0 bridgehead atoms. The van der Waals surface area contributed by atoms with Crippen LogP contribution in [0.5, 0.6) is 0 Å². The molecule has 1 aromatic heterocycles. The molecule has 2 rings (SSSR count). The molecule has 0 radical (unpaired) electrons. The molecule has 0 aromatic carbocycles. The van der Waals surface area contributed by atoms with Crippen LogP contribution in [0.4, 0.5) is 5.82 Å². The van der Waals surface area contributed by atoms with Crippen molar-refractivity contribution < 1.29 is 14.6 Å². The molecular formula is C20H32N6O4S. The van der Waals surface area contributed by atoms with Gasteiger partial charge in [-0.3, -0.25) is 9.36 Å². The second-order valence-corrected chi connectivity index (χ2v) is 8.67. The summed E-state index contributed by atoms with van der Waals surface area (Å²) in [5.41, 5.74) is 7.38. The van der Waals surface area contributed by atoms with Gasteiger partial charge < -0.3 is 15.2 Å². The van der Waals surface area contributed by atoms with Gasteiger partial charge in [0.1, 0.15) is 17.5 Å². The number of amides is 1. The van der Waals surface area contributed by atoms with Crippen molar-refractivity contribution in [1.29, 1.82) is 0 Å². The predicted octanol–water partition coefficient (Wildman–Crippen LogP) is 3.97. The van der Waals surface area contributed by atoms with E-state index in [0.29, 0.717) is 18.7 Å². The van der Waals surface area contributed by atoms with Crippen molar-refractivity contribution in [1.82, 2.24) is 9.55 Å². The van der Waals surface area contributed by atoms with Crippen molar-refractivity contribution in [3.05, 3.63) is 33.2 Å². The third kappa shape index (κ3) is 9.73. The van der Waals surface area contributed by atoms with Crippen LogP contribution in [-0.2, 0) is 9.53 Å². The van der Waals surface area contributed by atoms with Crippen LogP contribution in [0, 0.1) is 0 Å². The van der Waals surface area contributed by atoms with E-state index in [1.165, 1.54) is 35.6 Å². The summed E-state index contributed by atoms with van der Waals surface area (Å²) < 4.78 is 6.93. The van der Waals surface area contributed by atoms with E-state index in [0.717, 1.165) is 38.5 Å². The van der Waals surface area contributed by atoms with Gasteiger partial charge in [-0.25, -0.2) is 4.79 Å². The normalized spacial score (nSPS) is 18.0. The summed E-state index contributed by atoms with van der Waals surface area (Å²) in [7, 11) is 0. The first-order valence-corrected chi connectivity index (χ1v) is 12.0. The Kier molecular flexibility index (Phi) is 12.1. The number of carbonyl (C=O) groups excluding carboxylic acids is 1. The number of aliphatic hydroxyl groups excluding tert-OH is 1. The van der Waals surface area contributed by atoms with Crippen LogP contribution in [0.3, 0.4) is 0 Å². The first kappa shape index (κ1) is 25.2. The average Bonchev–Trinajstić information content (AvgIpc) is 3.23. The van der Waals surface area contributed by atoms with Gasteiger partial charge >= 0.3 is 5.69 Å². The number of anilines is 1. The first-order valence-electron chi connectivity index (χ1n) is 10.9. The van der Waals surface area contributed by atoms with E-state index >= 15 is 0 Å². The lowest BCUT2D eigenvalue weighted by Gasteiger charge is -2.14. The van der Waals surface area contributed by atoms with Crippen molar-refractivity contribution in [3.8, 4) is 0 Å². The minimum absolute atomic E-state index is 0.0996. The molecule has 0 aliphatic carbocycles. The average molecular weight is 453 g/mol. The van der Waals surface area contributed by atoms with Crippen molar-refractivity contribution in [2.45, 2.75) is 75.9 Å². The Labute approximate surface area is 186 Å². The van der Waals surface area contributed by atoms with Crippen LogP contribution in [-0.4, -0.2) is 44.9 Å². The Morgan fingerprint density at radius 3 is 2.55 bits per heavy atom. The smallest absolute Gasteiger partial charge is 0.351 e. The van der Waals surface area contributed by atoms with Crippen molar-refractivity contribution in [3.63, 3.8) is 0 Å². The van der Waals surface area contributed by atoms with Gasteiger partial charge in [0.05, 0.1) is 6.61 Å². The molecule has 0 saturated carbocycles. The number of carbonyl (C=O) groups is 1. The van der Waals surface area contributed by atoms with Crippen LogP contribution in [0.15, 0.2) is 22.2 Å². The number of aromatic nitrogens is 2. The van der Waals surface area contributed by atoms with Crippen molar-refractivity contribution in [2.24, 2.45) is 5.11 Å². The molecule has 1 aliphatic rings. The van der Waals surface area contributed by atoms with Crippen LogP contribution in [0.2, 0.25) is 0 Å². The summed E-state index contributed by atoms with van der Waals surface area (Å²) in [6.07, 6.45) is 11.2. The molecule has 31 heavy (non-hydrogen) atoms. The molecule has 1 aromatic rings. The number of thioether (sulfide) groups is 1. The highest BCUT2D eigenvalue weighted by molar-refractivity contribution is 8.00. The lowest BCUT2D eigenvalue weighted by Crippen LogP contribution is -2.29. The molecule has 1 aliphatic heterocycles. The molecule has 1 fully saturated rings. The molecule has 2 heterocycles. The maximum Gasteiger partial charge on any atom is 0.351 e. The molecule has 11 heteroatoms. The van der Waals surface area contributed by atoms with Crippen LogP contribution < -0.4 is 11.0 Å². The summed E-state index contributed by atoms with van der Waals surface area (Å²) in [6.45, 7) is 0.490. The fourth-order valence-electron chi connectivity index (χ4n) is 3.34. The zero-order chi connectivity index (χ0) is 22.3. The molecule has 0 unspecified atom stereocenters. The maximum atomic E-state index is 12.2. The Bertz CT molecular complexity index is 783. The van der Waals surface area contributed by atoms with Gasteiger partial charge in [-0.1, -0.05) is 50.1 Å². The minimum atomic E-state index is -0.486. The maximum absolute atomic E-state index is 12.2. The van der Waals surface area contributed by atoms with Crippen LogP contribution >= 0.6 is 11.8 Å². The number of azide groups is 1. The van der Waals surface area contributed by atoms with E-state index in [-0.39, 0.29) is 23.8 Å². The standard InChI is InChI=1S/C20H32N6O4S/c21-25-22-12-9-7-5-3-1-2-4-6-8-10-17(28)23-16-11-13-26(20(29)24-16)18-15-31-19(14-27)30-18/h11,13,18-19,27H,1-10,12,14-15H2,(H,23,24,28,29)/t18-,19+/m0/s1. The zero-order valence-electron chi connectivity index (χ0n) is 17.8. The van der Waals surface area contributed by atoms with Gasteiger partial charge in [-0.05, 0) is 24.4 Å². The molecular weight excluding hydrogens is 420 g/mol. The van der Waals surface area contributed by atoms with Crippen LogP contribution in [0.25, 0.3) is 10.4 Å². The quantitative estimate of drug-likeness (QED) is 0.178. The summed E-state index contributed by atoms with van der Waals surface area (Å²) in [5.74, 6) is 0.671. The van der Waals surface area contributed by atoms with Gasteiger partial charge in [-0.15, -0.1) is 11.8 Å². The molecule has 1 saturated heterocycles. The van der Waals surface area contributed by atoms with Crippen molar-refractivity contribution in [2.75, 3.05) is 24.2 Å². The van der Waals surface area contributed by atoms with Gasteiger partial charge in [0.15, 0.2) is 0 Å². The molecule has 172 valence electrons. The third-order valence-electron chi connectivity index (χ3n) is 5.02. The fraction of sp³-hybridized carbons (Fsp3) is 0.750. The zero-order valence-corrected chi connectivity index (χ0v) is 18.6. The van der Waals surface area contributed by atoms with E-state index in [9.17, 15) is 9.59 Å². The Balaban J connectivity index is 1.55. The lowest BCUT2D eigenvalue weighted by atomic mass is 10.1. The largest absolute Gasteiger partial charge is 0.393 e. The number of nitrogens with zero attached hydrogens (tertiary/aromatic N) is 5. The van der Waals surface area contributed by atoms with E-state index < -0.39 is 11.9 Å². The number of hydrogen-bond acceptors (Lipinski definition) is 7. The molecule has 0 spiro atoms. The fourth-order valence-corrected chi connectivity index (χ4v) is 4.27. The second kappa shape index (κ2) is 14.9. The number of nitrogens with one attached hydrogen (secondary N) is 1. The summed E-state index contributed by atoms with van der Waals surface area (Å²) in [5, 5.41) is 15.3. The topological polar surface area (TPSA) is 142 Å². The van der Waals surface area contributed by atoms with E-state index in [1.807, 2.05) is 0 Å². The number of aliphatic hydroxyl groups is 1. The number of rotatable bonds is 15. The second-order valence-electron chi connectivity index (χ2n) is 7.47. The summed E-state index contributed by atoms with van der Waals surface area (Å²) in [4.78, 5) is 30.9. The molecule has 2 N–H and O–H groups in total. The summed E-state index contributed by atoms with van der Waals surface area (Å²) in [6, 6.07) is 1.59. The molecule has 1 amide bonds. The van der Waals surface area contributed by atoms with E-state index in [2.05, 4.69) is 20.3 Å². The Morgan fingerprint density at radius 2 is 1.94 bits per heavy atom. The minimum Gasteiger partial charge on any atom is -0.393 e. The SMILES string of the molecule is [N-]=[N+]=NCCCCCCCCCCCC(=O)Nc1ccn([C@@H]2CS[C@H](CO)O2)c(=O)n1. The highest BCUT2D eigenvalue weighted by Gasteiger charge is 2.27. The van der Waals surface area contributed by atoms with E-state index in [1.54, 1.807) is 12.3 Å². The number of ether oxygens (including phenoxy) is 1. The monoisotopic (exact) mass is 452 g/mol. The van der Waals surface area contributed by atoms with Gasteiger partial charge in [0.2, 0.25) is 5.91 Å². The lowest BCUT2D eigenvalue weighted by molar-refractivity contribution is -0.116. The van der Waals surface area contributed by atoms with Gasteiger partial charge in [-0.2, -0.15) is 4.98 Å². The number of unbranched alkanes of at least 4 members (excludes halogenated alkanes) is 8. The van der Waals surface area contributed by atoms with Crippen LogP contribution in [0.1, 0.15) is 70.4 Å². The van der Waals surface area contributed by atoms with Crippen molar-refractivity contribution >= 4 is 23.5 Å². The number of hydrogen-bond donors (Lipinski definition) is 2.